The van der Waals surface area contributed by atoms with E-state index in [-0.39, 0.29) is 0 Å². The molecule has 1 aromatic heterocycles. The highest BCUT2D eigenvalue weighted by Crippen LogP contribution is 2.09. The Bertz CT molecular complexity index is 176. The minimum absolute atomic E-state index is 0.817. The van der Waals surface area contributed by atoms with Gasteiger partial charge in [-0.15, -0.1) is 0 Å². The van der Waals surface area contributed by atoms with Gasteiger partial charge in [0.15, 0.2) is 0 Å². The number of hydrogen-bond donors (Lipinski definition) is 0. The molecule has 9 heavy (non-hydrogen) atoms. The predicted octanol–water partition coefficient (Wildman–Crippen LogP) is 2.41. The van der Waals surface area contributed by atoms with E-state index in [0.717, 1.165) is 18.6 Å². The largest absolute Gasteiger partial charge is 0.469 e. The van der Waals surface area contributed by atoms with E-state index < -0.39 is 0 Å². The summed E-state index contributed by atoms with van der Waals surface area (Å²) in [5.41, 5.74) is 1.23. The fourth-order valence-corrected chi connectivity index (χ4v) is 0.859. The first-order valence-electron chi connectivity index (χ1n) is 3.23. The lowest BCUT2D eigenvalue weighted by Gasteiger charge is -1.90. The summed E-state index contributed by atoms with van der Waals surface area (Å²) in [5, 5.41) is 0. The Morgan fingerprint density at radius 3 is 2.89 bits per heavy atom. The first-order valence-corrected chi connectivity index (χ1v) is 3.23. The maximum Gasteiger partial charge on any atom is 0.107 e. The first-order chi connectivity index (χ1) is 4.34. The van der Waals surface area contributed by atoms with Gasteiger partial charge in [0.2, 0.25) is 0 Å². The number of aryl methyl sites for hydroxylation is 1. The van der Waals surface area contributed by atoms with Gasteiger partial charge in [0.1, 0.15) is 5.76 Å². The van der Waals surface area contributed by atoms with Crippen LogP contribution in [-0.2, 0) is 6.42 Å². The highest BCUT2D eigenvalue weighted by molar-refractivity contribution is 5.18. The molecule has 0 bridgehead atoms. The quantitative estimate of drug-likeness (QED) is 0.588. The molecule has 1 heterocycles. The molecule has 0 saturated carbocycles. The van der Waals surface area contributed by atoms with Crippen LogP contribution in [0.4, 0.5) is 0 Å². The number of furan rings is 1. The van der Waals surface area contributed by atoms with Gasteiger partial charge in [0.05, 0.1) is 6.26 Å². The molecule has 0 unspecified atom stereocenters. The average Bonchev–Trinajstić information content (AvgIpc) is 2.18. The molecule has 0 saturated heterocycles. The van der Waals surface area contributed by atoms with Crippen LogP contribution in [0.2, 0.25) is 0 Å². The first kappa shape index (κ1) is 6.40. The molecule has 1 radical (unpaired) electrons. The Hall–Kier alpha value is -0.720. The van der Waals surface area contributed by atoms with Crippen molar-refractivity contribution in [3.05, 3.63) is 30.6 Å². The van der Waals surface area contributed by atoms with Crippen LogP contribution in [0.25, 0.3) is 0 Å². The van der Waals surface area contributed by atoms with Crippen LogP contribution in [-0.4, -0.2) is 0 Å². The number of hydrogen-bond acceptors (Lipinski definition) is 1. The number of rotatable bonds is 2. The van der Waals surface area contributed by atoms with E-state index in [1.54, 1.807) is 6.26 Å². The Kier molecular flexibility index (Phi) is 1.93. The van der Waals surface area contributed by atoms with E-state index in [1.165, 1.54) is 5.56 Å². The average molecular weight is 123 g/mol. The van der Waals surface area contributed by atoms with Crippen LogP contribution in [0.1, 0.15) is 24.7 Å². The molecule has 0 fully saturated rings. The van der Waals surface area contributed by atoms with E-state index in [2.05, 4.69) is 13.8 Å². The summed E-state index contributed by atoms with van der Waals surface area (Å²) >= 11 is 0. The van der Waals surface area contributed by atoms with Crippen molar-refractivity contribution >= 4 is 0 Å². The van der Waals surface area contributed by atoms with Crippen LogP contribution in [0.3, 0.4) is 0 Å². The summed E-state index contributed by atoms with van der Waals surface area (Å²) in [6.45, 7) is 5.88. The van der Waals surface area contributed by atoms with E-state index in [1.807, 2.05) is 6.07 Å². The van der Waals surface area contributed by atoms with Gasteiger partial charge in [-0.05, 0) is 18.1 Å². The fraction of sp³-hybridized carbons (Fsp3) is 0.375. The van der Waals surface area contributed by atoms with Gasteiger partial charge >= 0.3 is 0 Å². The molecule has 0 spiro atoms. The molecule has 49 valence electrons. The summed E-state index contributed by atoms with van der Waals surface area (Å²) in [4.78, 5) is 0. The molecule has 1 heteroatoms. The molecule has 0 aliphatic rings. The Balaban J connectivity index is 2.69. The molecule has 0 aliphatic carbocycles. The summed E-state index contributed by atoms with van der Waals surface area (Å²) in [6, 6.07) is 1.98. The van der Waals surface area contributed by atoms with Crippen LogP contribution in [0.5, 0.6) is 0 Å². The third-order valence-electron chi connectivity index (χ3n) is 1.36. The Morgan fingerprint density at radius 1 is 1.67 bits per heavy atom. The molecule has 0 amide bonds. The lowest BCUT2D eigenvalue weighted by Crippen LogP contribution is -1.80. The monoisotopic (exact) mass is 123 g/mol. The molecule has 0 aromatic carbocycles. The van der Waals surface area contributed by atoms with Gasteiger partial charge in [-0.3, -0.25) is 0 Å². The van der Waals surface area contributed by atoms with Crippen LogP contribution in [0, 0.1) is 6.92 Å². The van der Waals surface area contributed by atoms with Crippen molar-refractivity contribution in [2.45, 2.75) is 19.8 Å². The summed E-state index contributed by atoms with van der Waals surface area (Å²) in [5.74, 6) is 0.817. The van der Waals surface area contributed by atoms with Gasteiger partial charge in [-0.2, -0.15) is 0 Å². The lowest BCUT2D eigenvalue weighted by atomic mass is 10.1. The molecule has 1 aromatic rings. The second kappa shape index (κ2) is 2.72. The maximum atomic E-state index is 5.01. The molecule has 1 nitrogen and oxygen atoms in total. The zero-order valence-electron chi connectivity index (χ0n) is 5.68. The van der Waals surface area contributed by atoms with E-state index in [0.29, 0.717) is 0 Å². The maximum absolute atomic E-state index is 5.01. The second-order valence-corrected chi connectivity index (χ2v) is 2.12. The van der Waals surface area contributed by atoms with E-state index >= 15 is 0 Å². The molecule has 0 atom stereocenters. The van der Waals surface area contributed by atoms with Crippen molar-refractivity contribution in [1.29, 1.82) is 0 Å². The third kappa shape index (κ3) is 1.35. The Morgan fingerprint density at radius 2 is 2.44 bits per heavy atom. The van der Waals surface area contributed by atoms with Crippen LogP contribution in [0.15, 0.2) is 16.7 Å². The molecular weight excluding hydrogens is 112 g/mol. The zero-order chi connectivity index (χ0) is 6.69. The van der Waals surface area contributed by atoms with Crippen molar-refractivity contribution in [1.82, 2.24) is 0 Å². The molecular formula is C8H11O. The molecule has 0 N–H and O–H groups in total. The standard InChI is InChI=1S/C8H11O/c1-3-4-8-5-6-9-7(8)2/h5-6H,2-4H2,1H3. The van der Waals surface area contributed by atoms with Crippen molar-refractivity contribution in [3.8, 4) is 0 Å². The van der Waals surface area contributed by atoms with Gasteiger partial charge in [-0.25, -0.2) is 0 Å². The van der Waals surface area contributed by atoms with Gasteiger partial charge in [0.25, 0.3) is 0 Å². The zero-order valence-corrected chi connectivity index (χ0v) is 5.68. The lowest BCUT2D eigenvalue weighted by molar-refractivity contribution is 0.544. The minimum Gasteiger partial charge on any atom is -0.469 e. The van der Waals surface area contributed by atoms with Crippen molar-refractivity contribution in [2.75, 3.05) is 0 Å². The van der Waals surface area contributed by atoms with Gasteiger partial charge < -0.3 is 4.42 Å². The van der Waals surface area contributed by atoms with E-state index in [4.69, 9.17) is 4.42 Å². The smallest absolute Gasteiger partial charge is 0.107 e. The van der Waals surface area contributed by atoms with Crippen LogP contribution < -0.4 is 0 Å². The summed E-state index contributed by atoms with van der Waals surface area (Å²) in [6.07, 6.45) is 3.92. The third-order valence-corrected chi connectivity index (χ3v) is 1.36. The van der Waals surface area contributed by atoms with Crippen molar-refractivity contribution in [2.24, 2.45) is 0 Å². The summed E-state index contributed by atoms with van der Waals surface area (Å²) in [7, 11) is 0. The van der Waals surface area contributed by atoms with E-state index in [9.17, 15) is 0 Å². The van der Waals surface area contributed by atoms with Crippen molar-refractivity contribution < 1.29 is 4.42 Å². The molecule has 1 rings (SSSR count). The van der Waals surface area contributed by atoms with Crippen LogP contribution >= 0.6 is 0 Å². The fourth-order valence-electron chi connectivity index (χ4n) is 0.859. The topological polar surface area (TPSA) is 13.1 Å². The predicted molar refractivity (Wildman–Crippen MR) is 37.2 cm³/mol. The highest BCUT2D eigenvalue weighted by atomic mass is 16.3. The normalized spacial score (nSPS) is 10.0. The summed E-state index contributed by atoms with van der Waals surface area (Å²) < 4.78 is 5.01. The SMILES string of the molecule is [CH2]c1occc1CCC. The molecule has 0 aliphatic heterocycles. The van der Waals surface area contributed by atoms with Crippen molar-refractivity contribution in [3.63, 3.8) is 0 Å². The second-order valence-electron chi connectivity index (χ2n) is 2.12. The highest BCUT2D eigenvalue weighted by Gasteiger charge is 1.97. The minimum atomic E-state index is 0.817. The Labute approximate surface area is 55.7 Å². The van der Waals surface area contributed by atoms with Gasteiger partial charge in [-0.1, -0.05) is 13.3 Å². The van der Waals surface area contributed by atoms with Gasteiger partial charge in [0, 0.05) is 6.92 Å².